The highest BCUT2D eigenvalue weighted by Crippen LogP contribution is 2.27. The quantitative estimate of drug-likeness (QED) is 0.839. The van der Waals surface area contributed by atoms with E-state index in [1.54, 1.807) is 6.20 Å². The minimum absolute atomic E-state index is 0.0399. The molecule has 1 N–H and O–H groups in total. The summed E-state index contributed by atoms with van der Waals surface area (Å²) in [5.41, 5.74) is 0. The predicted molar refractivity (Wildman–Crippen MR) is 90.8 cm³/mol. The standard InChI is InChI=1S/C16H24BrN3O3/c1-11-2-4-12(5-3-11)19-16-18-8-14(17)15(20-16)23-10-13-9-21-6-7-22-13/h8,11-13H,2-7,9-10H2,1H3,(H,18,19,20). The van der Waals surface area contributed by atoms with Crippen LogP contribution in [0.15, 0.2) is 10.7 Å². The number of anilines is 1. The first-order chi connectivity index (χ1) is 11.2. The number of nitrogens with zero attached hydrogens (tertiary/aromatic N) is 2. The van der Waals surface area contributed by atoms with Gasteiger partial charge in [-0.3, -0.25) is 0 Å². The van der Waals surface area contributed by atoms with Crippen LogP contribution < -0.4 is 10.1 Å². The van der Waals surface area contributed by atoms with Crippen molar-refractivity contribution in [3.63, 3.8) is 0 Å². The zero-order valence-electron chi connectivity index (χ0n) is 13.5. The topological polar surface area (TPSA) is 65.5 Å². The van der Waals surface area contributed by atoms with Gasteiger partial charge in [-0.2, -0.15) is 4.98 Å². The van der Waals surface area contributed by atoms with Crippen LogP contribution in [-0.4, -0.2) is 48.5 Å². The van der Waals surface area contributed by atoms with Crippen molar-refractivity contribution in [1.82, 2.24) is 9.97 Å². The molecule has 23 heavy (non-hydrogen) atoms. The average molecular weight is 386 g/mol. The summed E-state index contributed by atoms with van der Waals surface area (Å²) in [5.74, 6) is 2.00. The number of aromatic nitrogens is 2. The summed E-state index contributed by atoms with van der Waals surface area (Å²) in [6, 6.07) is 0.454. The molecule has 0 aromatic carbocycles. The molecule has 2 heterocycles. The van der Waals surface area contributed by atoms with E-state index in [4.69, 9.17) is 14.2 Å². The molecule has 1 aromatic rings. The summed E-state index contributed by atoms with van der Waals surface area (Å²) in [7, 11) is 0. The number of nitrogens with one attached hydrogen (secondary N) is 1. The molecular weight excluding hydrogens is 362 g/mol. The van der Waals surface area contributed by atoms with Gasteiger partial charge in [0.25, 0.3) is 0 Å². The second kappa shape index (κ2) is 8.26. The van der Waals surface area contributed by atoms with Crippen molar-refractivity contribution in [3.8, 4) is 5.88 Å². The number of hydrogen-bond donors (Lipinski definition) is 1. The summed E-state index contributed by atoms with van der Waals surface area (Å²) in [6.07, 6.45) is 6.55. The molecule has 3 rings (SSSR count). The van der Waals surface area contributed by atoms with E-state index in [-0.39, 0.29) is 6.10 Å². The van der Waals surface area contributed by atoms with Crippen molar-refractivity contribution in [1.29, 1.82) is 0 Å². The van der Waals surface area contributed by atoms with Gasteiger partial charge >= 0.3 is 0 Å². The van der Waals surface area contributed by atoms with Gasteiger partial charge in [-0.15, -0.1) is 0 Å². The van der Waals surface area contributed by atoms with Gasteiger partial charge in [-0.1, -0.05) is 6.92 Å². The van der Waals surface area contributed by atoms with E-state index in [0.717, 1.165) is 10.4 Å². The average Bonchev–Trinajstić information content (AvgIpc) is 2.58. The Morgan fingerprint density at radius 2 is 2.13 bits per heavy atom. The number of rotatable bonds is 5. The third-order valence-electron chi connectivity index (χ3n) is 4.35. The van der Waals surface area contributed by atoms with Gasteiger partial charge < -0.3 is 19.5 Å². The van der Waals surface area contributed by atoms with Gasteiger partial charge in [-0.25, -0.2) is 4.98 Å². The van der Waals surface area contributed by atoms with Crippen LogP contribution in [0.1, 0.15) is 32.6 Å². The van der Waals surface area contributed by atoms with Crippen LogP contribution in [-0.2, 0) is 9.47 Å². The van der Waals surface area contributed by atoms with Crippen molar-refractivity contribution in [3.05, 3.63) is 10.7 Å². The van der Waals surface area contributed by atoms with Gasteiger partial charge in [0.2, 0.25) is 11.8 Å². The highest BCUT2D eigenvalue weighted by atomic mass is 79.9. The number of hydrogen-bond acceptors (Lipinski definition) is 6. The van der Waals surface area contributed by atoms with E-state index in [9.17, 15) is 0 Å². The Hall–Kier alpha value is -0.920. The zero-order chi connectivity index (χ0) is 16.1. The Labute approximate surface area is 145 Å². The van der Waals surface area contributed by atoms with Crippen molar-refractivity contribution in [2.75, 3.05) is 31.7 Å². The Morgan fingerprint density at radius 1 is 1.30 bits per heavy atom. The molecule has 1 atom stereocenters. The normalized spacial score (nSPS) is 28.3. The van der Waals surface area contributed by atoms with Gasteiger partial charge in [0.05, 0.1) is 30.5 Å². The Balaban J connectivity index is 1.55. The number of halogens is 1. The van der Waals surface area contributed by atoms with E-state index >= 15 is 0 Å². The van der Waals surface area contributed by atoms with Crippen molar-refractivity contribution in [2.24, 2.45) is 5.92 Å². The summed E-state index contributed by atoms with van der Waals surface area (Å²) < 4.78 is 17.5. The summed E-state index contributed by atoms with van der Waals surface area (Å²) in [5, 5.41) is 3.43. The Morgan fingerprint density at radius 3 is 2.87 bits per heavy atom. The first kappa shape index (κ1) is 16.9. The lowest BCUT2D eigenvalue weighted by Crippen LogP contribution is -2.33. The molecular formula is C16H24BrN3O3. The molecule has 7 heteroatoms. The molecule has 6 nitrogen and oxygen atoms in total. The van der Waals surface area contributed by atoms with Gasteiger partial charge in [0, 0.05) is 6.04 Å². The lowest BCUT2D eigenvalue weighted by Gasteiger charge is -2.27. The van der Waals surface area contributed by atoms with Crippen LogP contribution in [0.4, 0.5) is 5.95 Å². The molecule has 1 saturated heterocycles. The highest BCUT2D eigenvalue weighted by molar-refractivity contribution is 9.10. The Bertz CT molecular complexity index is 503. The molecule has 1 aliphatic carbocycles. The fourth-order valence-electron chi connectivity index (χ4n) is 2.91. The van der Waals surface area contributed by atoms with E-state index in [1.165, 1.54) is 25.7 Å². The molecule has 2 fully saturated rings. The fraction of sp³-hybridized carbons (Fsp3) is 0.750. The lowest BCUT2D eigenvalue weighted by molar-refractivity contribution is -0.102. The molecule has 0 bridgehead atoms. The van der Waals surface area contributed by atoms with E-state index in [0.29, 0.717) is 44.3 Å². The fourth-order valence-corrected chi connectivity index (χ4v) is 3.22. The molecule has 2 aliphatic rings. The number of ether oxygens (including phenoxy) is 3. The summed E-state index contributed by atoms with van der Waals surface area (Å²) in [6.45, 7) is 4.58. The molecule has 0 spiro atoms. The Kier molecular flexibility index (Phi) is 6.08. The smallest absolute Gasteiger partial charge is 0.232 e. The minimum atomic E-state index is -0.0399. The van der Waals surface area contributed by atoms with Gasteiger partial charge in [0.1, 0.15) is 12.7 Å². The maximum absolute atomic E-state index is 5.78. The molecule has 128 valence electrons. The zero-order valence-corrected chi connectivity index (χ0v) is 15.0. The monoisotopic (exact) mass is 385 g/mol. The van der Waals surface area contributed by atoms with Crippen LogP contribution in [0, 0.1) is 5.92 Å². The predicted octanol–water partition coefficient (Wildman–Crippen LogP) is 3.02. The van der Waals surface area contributed by atoms with Gasteiger partial charge in [0.15, 0.2) is 0 Å². The second-order valence-electron chi connectivity index (χ2n) is 6.33. The van der Waals surface area contributed by atoms with Crippen molar-refractivity contribution in [2.45, 2.75) is 44.8 Å². The summed E-state index contributed by atoms with van der Waals surface area (Å²) >= 11 is 3.44. The molecule has 1 aromatic heterocycles. The molecule has 0 amide bonds. The van der Waals surface area contributed by atoms with Crippen molar-refractivity contribution < 1.29 is 14.2 Å². The molecule has 1 saturated carbocycles. The molecule has 0 radical (unpaired) electrons. The van der Waals surface area contributed by atoms with Crippen LogP contribution in [0.5, 0.6) is 5.88 Å². The second-order valence-corrected chi connectivity index (χ2v) is 7.18. The maximum Gasteiger partial charge on any atom is 0.232 e. The molecule has 1 aliphatic heterocycles. The largest absolute Gasteiger partial charge is 0.474 e. The van der Waals surface area contributed by atoms with Crippen LogP contribution in [0.3, 0.4) is 0 Å². The third kappa shape index (κ3) is 5.02. The van der Waals surface area contributed by atoms with Crippen LogP contribution in [0.2, 0.25) is 0 Å². The van der Waals surface area contributed by atoms with E-state index < -0.39 is 0 Å². The SMILES string of the molecule is CC1CCC(Nc2ncc(Br)c(OCC3COCCO3)n2)CC1. The van der Waals surface area contributed by atoms with Crippen LogP contribution >= 0.6 is 15.9 Å². The highest BCUT2D eigenvalue weighted by Gasteiger charge is 2.20. The van der Waals surface area contributed by atoms with E-state index in [2.05, 4.69) is 38.1 Å². The minimum Gasteiger partial charge on any atom is -0.474 e. The van der Waals surface area contributed by atoms with E-state index in [1.807, 2.05) is 0 Å². The third-order valence-corrected chi connectivity index (χ3v) is 4.90. The first-order valence-corrected chi connectivity index (χ1v) is 9.11. The maximum atomic E-state index is 5.78. The molecule has 1 unspecified atom stereocenters. The van der Waals surface area contributed by atoms with Crippen molar-refractivity contribution >= 4 is 21.9 Å². The first-order valence-electron chi connectivity index (χ1n) is 8.32. The van der Waals surface area contributed by atoms with Crippen LogP contribution in [0.25, 0.3) is 0 Å². The van der Waals surface area contributed by atoms with Gasteiger partial charge in [-0.05, 0) is 47.5 Å². The summed E-state index contributed by atoms with van der Waals surface area (Å²) in [4.78, 5) is 8.82. The lowest BCUT2D eigenvalue weighted by atomic mass is 9.87.